The van der Waals surface area contributed by atoms with Crippen LogP contribution in [0.25, 0.3) is 0 Å². The van der Waals surface area contributed by atoms with E-state index < -0.39 is 11.7 Å². The standard InChI is InChI=1S/C11H12ClF3N2/c1-17-5-6(16)4-7-8(11(13,14)15)2-3-9(12)10(7)17/h2-3,6H,4-5,16H2,1H3. The molecule has 17 heavy (non-hydrogen) atoms. The molecule has 0 saturated heterocycles. The predicted molar refractivity (Wildman–Crippen MR) is 61.4 cm³/mol. The van der Waals surface area contributed by atoms with Crippen molar-refractivity contribution < 1.29 is 13.2 Å². The van der Waals surface area contributed by atoms with Crippen molar-refractivity contribution in [3.8, 4) is 0 Å². The van der Waals surface area contributed by atoms with Crippen LogP contribution in [-0.4, -0.2) is 19.6 Å². The van der Waals surface area contributed by atoms with E-state index in [1.165, 1.54) is 6.07 Å². The summed E-state index contributed by atoms with van der Waals surface area (Å²) >= 11 is 5.96. The molecule has 1 aliphatic heterocycles. The van der Waals surface area contributed by atoms with Crippen molar-refractivity contribution in [3.63, 3.8) is 0 Å². The van der Waals surface area contributed by atoms with Crippen LogP contribution in [-0.2, 0) is 12.6 Å². The number of nitrogens with two attached hydrogens (primary N) is 1. The van der Waals surface area contributed by atoms with Gasteiger partial charge in [-0.05, 0) is 24.1 Å². The summed E-state index contributed by atoms with van der Waals surface area (Å²) in [6, 6.07) is 2.01. The fourth-order valence-electron chi connectivity index (χ4n) is 2.26. The van der Waals surface area contributed by atoms with Gasteiger partial charge in [0.05, 0.1) is 16.3 Å². The summed E-state index contributed by atoms with van der Waals surface area (Å²) in [6.45, 7) is 0.508. The Labute approximate surface area is 102 Å². The minimum absolute atomic E-state index is 0.200. The highest BCUT2D eigenvalue weighted by atomic mass is 35.5. The molecule has 1 unspecified atom stereocenters. The minimum atomic E-state index is -4.37. The third-order valence-electron chi connectivity index (χ3n) is 2.90. The molecule has 0 spiro atoms. The third kappa shape index (κ3) is 2.21. The highest BCUT2D eigenvalue weighted by molar-refractivity contribution is 6.33. The van der Waals surface area contributed by atoms with Crippen LogP contribution in [0.2, 0.25) is 5.02 Å². The van der Waals surface area contributed by atoms with E-state index in [-0.39, 0.29) is 18.0 Å². The highest BCUT2D eigenvalue weighted by Gasteiger charge is 2.37. The number of alkyl halides is 3. The Bertz CT molecular complexity index is 445. The van der Waals surface area contributed by atoms with Crippen molar-refractivity contribution in [1.29, 1.82) is 0 Å². The smallest absolute Gasteiger partial charge is 0.372 e. The number of hydrogen-bond donors (Lipinski definition) is 1. The molecular formula is C11H12ClF3N2. The first kappa shape index (κ1) is 12.5. The van der Waals surface area contributed by atoms with Gasteiger partial charge in [-0.15, -0.1) is 0 Å². The average Bonchev–Trinajstić information content (AvgIpc) is 2.14. The number of halogens is 4. The van der Waals surface area contributed by atoms with Crippen LogP contribution in [0.1, 0.15) is 11.1 Å². The largest absolute Gasteiger partial charge is 0.416 e. The normalized spacial score (nSPS) is 20.4. The number of likely N-dealkylation sites (N-methyl/N-ethyl adjacent to an activating group) is 1. The quantitative estimate of drug-likeness (QED) is 0.781. The molecular weight excluding hydrogens is 253 g/mol. The Balaban J connectivity index is 2.63. The molecule has 0 aromatic heterocycles. The summed E-state index contributed by atoms with van der Waals surface area (Å²) in [5.41, 5.74) is 5.76. The Morgan fingerprint density at radius 1 is 1.41 bits per heavy atom. The molecule has 0 saturated carbocycles. The maximum Gasteiger partial charge on any atom is 0.416 e. The van der Waals surface area contributed by atoms with E-state index in [4.69, 9.17) is 17.3 Å². The van der Waals surface area contributed by atoms with Crippen molar-refractivity contribution >= 4 is 17.3 Å². The number of rotatable bonds is 0. The van der Waals surface area contributed by atoms with Gasteiger partial charge in [-0.1, -0.05) is 11.6 Å². The number of fused-ring (bicyclic) bond motifs is 1. The van der Waals surface area contributed by atoms with Crippen LogP contribution in [0.3, 0.4) is 0 Å². The van der Waals surface area contributed by atoms with Gasteiger partial charge in [0.2, 0.25) is 0 Å². The number of nitrogens with zero attached hydrogens (tertiary/aromatic N) is 1. The first-order chi connectivity index (χ1) is 7.80. The predicted octanol–water partition coefficient (Wildman–Crippen LogP) is 2.68. The molecule has 1 heterocycles. The molecule has 94 valence electrons. The fourth-order valence-corrected chi connectivity index (χ4v) is 2.58. The van der Waals surface area contributed by atoms with E-state index in [0.717, 1.165) is 6.07 Å². The van der Waals surface area contributed by atoms with Gasteiger partial charge in [-0.3, -0.25) is 0 Å². The van der Waals surface area contributed by atoms with Crippen LogP contribution >= 0.6 is 11.6 Å². The topological polar surface area (TPSA) is 29.3 Å². The average molecular weight is 265 g/mol. The van der Waals surface area contributed by atoms with E-state index in [1.54, 1.807) is 11.9 Å². The lowest BCUT2D eigenvalue weighted by Gasteiger charge is -2.34. The zero-order chi connectivity index (χ0) is 12.8. The van der Waals surface area contributed by atoms with Crippen LogP contribution in [0, 0.1) is 0 Å². The van der Waals surface area contributed by atoms with Crippen molar-refractivity contribution in [2.75, 3.05) is 18.5 Å². The zero-order valence-corrected chi connectivity index (χ0v) is 9.94. The van der Waals surface area contributed by atoms with Crippen LogP contribution in [0.15, 0.2) is 12.1 Å². The first-order valence-electron chi connectivity index (χ1n) is 5.16. The molecule has 2 nitrogen and oxygen atoms in total. The fraction of sp³-hybridized carbons (Fsp3) is 0.455. The molecule has 1 aliphatic rings. The third-order valence-corrected chi connectivity index (χ3v) is 3.20. The van der Waals surface area contributed by atoms with Crippen LogP contribution in [0.4, 0.5) is 18.9 Å². The second kappa shape index (κ2) is 4.07. The number of benzene rings is 1. The lowest BCUT2D eigenvalue weighted by molar-refractivity contribution is -0.138. The van der Waals surface area contributed by atoms with Crippen LogP contribution < -0.4 is 10.6 Å². The SMILES string of the molecule is CN1CC(N)Cc2c(C(F)(F)F)ccc(Cl)c21. The van der Waals surface area contributed by atoms with Gasteiger partial charge < -0.3 is 10.6 Å². The molecule has 1 aromatic rings. The molecule has 0 aliphatic carbocycles. The summed E-state index contributed by atoms with van der Waals surface area (Å²) in [7, 11) is 1.70. The summed E-state index contributed by atoms with van der Waals surface area (Å²) in [5.74, 6) is 0. The second-order valence-corrected chi connectivity index (χ2v) is 4.67. The molecule has 0 amide bonds. The molecule has 1 aromatic carbocycles. The van der Waals surface area contributed by atoms with E-state index in [2.05, 4.69) is 0 Å². The summed E-state index contributed by atoms with van der Waals surface area (Å²) in [5, 5.41) is 0.336. The lowest BCUT2D eigenvalue weighted by atomic mass is 9.93. The highest BCUT2D eigenvalue weighted by Crippen LogP contribution is 2.41. The number of hydrogen-bond acceptors (Lipinski definition) is 2. The Morgan fingerprint density at radius 2 is 2.06 bits per heavy atom. The Hall–Kier alpha value is -0.940. The van der Waals surface area contributed by atoms with E-state index in [1.807, 2.05) is 0 Å². The van der Waals surface area contributed by atoms with Crippen molar-refractivity contribution in [2.45, 2.75) is 18.6 Å². The van der Waals surface area contributed by atoms with Gasteiger partial charge in [-0.25, -0.2) is 0 Å². The monoisotopic (exact) mass is 264 g/mol. The Morgan fingerprint density at radius 3 is 2.65 bits per heavy atom. The maximum atomic E-state index is 12.9. The summed E-state index contributed by atoms with van der Waals surface area (Å²) < 4.78 is 38.6. The molecule has 2 N–H and O–H groups in total. The van der Waals surface area contributed by atoms with Crippen molar-refractivity contribution in [1.82, 2.24) is 0 Å². The first-order valence-corrected chi connectivity index (χ1v) is 5.54. The van der Waals surface area contributed by atoms with Gasteiger partial charge in [0.15, 0.2) is 0 Å². The molecule has 0 radical (unpaired) electrons. The molecule has 0 bridgehead atoms. The number of anilines is 1. The van der Waals surface area contributed by atoms with E-state index in [9.17, 15) is 13.2 Å². The van der Waals surface area contributed by atoms with E-state index >= 15 is 0 Å². The van der Waals surface area contributed by atoms with Gasteiger partial charge in [0.25, 0.3) is 0 Å². The summed E-state index contributed by atoms with van der Waals surface area (Å²) in [6.07, 6.45) is -4.17. The zero-order valence-electron chi connectivity index (χ0n) is 9.18. The van der Waals surface area contributed by atoms with Gasteiger partial charge in [0.1, 0.15) is 0 Å². The Kier molecular flexibility index (Phi) is 2.99. The van der Waals surface area contributed by atoms with Gasteiger partial charge in [-0.2, -0.15) is 13.2 Å². The molecule has 2 rings (SSSR count). The maximum absolute atomic E-state index is 12.9. The molecule has 0 fully saturated rings. The molecule has 1 atom stereocenters. The van der Waals surface area contributed by atoms with Gasteiger partial charge >= 0.3 is 6.18 Å². The van der Waals surface area contributed by atoms with Gasteiger partial charge in [0, 0.05) is 19.6 Å². The van der Waals surface area contributed by atoms with Crippen molar-refractivity contribution in [2.24, 2.45) is 5.73 Å². The van der Waals surface area contributed by atoms with Crippen LogP contribution in [0.5, 0.6) is 0 Å². The minimum Gasteiger partial charge on any atom is -0.372 e. The lowest BCUT2D eigenvalue weighted by Crippen LogP contribution is -2.42. The van der Waals surface area contributed by atoms with Crippen molar-refractivity contribution in [3.05, 3.63) is 28.3 Å². The van der Waals surface area contributed by atoms with E-state index in [0.29, 0.717) is 17.3 Å². The molecule has 6 heteroatoms. The summed E-state index contributed by atoms with van der Waals surface area (Å²) in [4.78, 5) is 1.68. The second-order valence-electron chi connectivity index (χ2n) is 4.26.